The molecule has 2 fully saturated rings. The number of rotatable bonds is 4. The van der Waals surface area contributed by atoms with Crippen molar-refractivity contribution in [1.29, 1.82) is 0 Å². The molecule has 0 saturated carbocycles. The molecule has 8 nitrogen and oxygen atoms in total. The number of hydrogen-bond acceptors (Lipinski definition) is 8. The maximum Gasteiger partial charge on any atom is 0.269 e. The zero-order chi connectivity index (χ0) is 26.5. The first-order chi connectivity index (χ1) is 17.4. The maximum atomic E-state index is 13.5. The van der Waals surface area contributed by atoms with Gasteiger partial charge in [0, 0.05) is 6.20 Å². The second-order valence-electron chi connectivity index (χ2n) is 10.0. The molecule has 0 bridgehead atoms. The lowest BCUT2D eigenvalue weighted by Crippen LogP contribution is -2.39. The molecule has 2 aliphatic rings. The van der Waals surface area contributed by atoms with Crippen LogP contribution in [0.4, 0.5) is 0 Å². The van der Waals surface area contributed by atoms with Gasteiger partial charge >= 0.3 is 0 Å². The lowest BCUT2D eigenvalue weighted by atomic mass is 9.87. The second kappa shape index (κ2) is 9.38. The van der Waals surface area contributed by atoms with E-state index in [1.165, 1.54) is 15.4 Å². The summed E-state index contributed by atoms with van der Waals surface area (Å²) in [5.74, 6) is 0.0451. The Balaban J connectivity index is 1.55. The van der Waals surface area contributed by atoms with Gasteiger partial charge in [-0.2, -0.15) is 4.98 Å². The topological polar surface area (TPSA) is 98.1 Å². The molecular formula is C26H25N3O5S3. The molecule has 1 unspecified atom stereocenters. The average molecular weight is 556 g/mol. The Morgan fingerprint density at radius 1 is 1.14 bits per heavy atom. The van der Waals surface area contributed by atoms with Crippen LogP contribution < -0.4 is 10.3 Å². The van der Waals surface area contributed by atoms with E-state index in [0.717, 1.165) is 17.3 Å². The van der Waals surface area contributed by atoms with Gasteiger partial charge in [0.1, 0.15) is 21.3 Å². The van der Waals surface area contributed by atoms with Crippen molar-refractivity contribution in [1.82, 2.24) is 14.3 Å². The number of benzene rings is 1. The number of pyridine rings is 1. The Kier molecular flexibility index (Phi) is 6.49. The molecule has 4 heterocycles. The van der Waals surface area contributed by atoms with E-state index in [0.29, 0.717) is 17.8 Å². The van der Waals surface area contributed by atoms with Crippen molar-refractivity contribution < 1.29 is 17.9 Å². The summed E-state index contributed by atoms with van der Waals surface area (Å²) in [6.45, 7) is 6.35. The third-order valence-corrected chi connectivity index (χ3v) is 9.42. The van der Waals surface area contributed by atoms with Crippen LogP contribution in [0.2, 0.25) is 0 Å². The quantitative estimate of drug-likeness (QED) is 0.350. The van der Waals surface area contributed by atoms with E-state index in [1.54, 1.807) is 24.4 Å². The summed E-state index contributed by atoms with van der Waals surface area (Å²) in [5.41, 5.74) is 1.19. The molecule has 0 N–H and O–H groups in total. The van der Waals surface area contributed by atoms with E-state index in [1.807, 2.05) is 24.3 Å². The average Bonchev–Trinajstić information content (AvgIpc) is 3.33. The Bertz CT molecular complexity index is 1620. The van der Waals surface area contributed by atoms with Crippen LogP contribution in [0.5, 0.6) is 11.6 Å². The van der Waals surface area contributed by atoms with Crippen LogP contribution in [0.1, 0.15) is 38.3 Å². The number of sulfone groups is 1. The highest BCUT2D eigenvalue weighted by atomic mass is 32.2. The van der Waals surface area contributed by atoms with Crippen LogP contribution in [0.15, 0.2) is 58.4 Å². The van der Waals surface area contributed by atoms with E-state index in [-0.39, 0.29) is 37.6 Å². The van der Waals surface area contributed by atoms with E-state index < -0.39 is 27.3 Å². The highest BCUT2D eigenvalue weighted by Gasteiger charge is 2.42. The van der Waals surface area contributed by atoms with Crippen LogP contribution in [-0.2, 0) is 20.0 Å². The summed E-state index contributed by atoms with van der Waals surface area (Å²) >= 11 is 6.45. The zero-order valence-corrected chi connectivity index (χ0v) is 23.0. The van der Waals surface area contributed by atoms with Crippen molar-refractivity contribution in [3.05, 3.63) is 75.0 Å². The first-order valence-electron chi connectivity index (χ1n) is 11.7. The van der Waals surface area contributed by atoms with E-state index >= 15 is 0 Å². The number of thioether (sulfide) groups is 1. The number of aromatic nitrogens is 2. The molecule has 1 amide bonds. The van der Waals surface area contributed by atoms with Crippen LogP contribution in [0.25, 0.3) is 11.7 Å². The number of hydrogen-bond donors (Lipinski definition) is 0. The van der Waals surface area contributed by atoms with Crippen molar-refractivity contribution in [3.8, 4) is 11.6 Å². The Hall–Kier alpha value is -3.02. The van der Waals surface area contributed by atoms with Gasteiger partial charge in [0.15, 0.2) is 9.84 Å². The predicted octanol–water partition coefficient (Wildman–Crippen LogP) is 4.17. The van der Waals surface area contributed by atoms with Gasteiger partial charge in [-0.1, -0.05) is 63.0 Å². The van der Waals surface area contributed by atoms with E-state index in [9.17, 15) is 18.0 Å². The van der Waals surface area contributed by atoms with Crippen LogP contribution in [-0.4, -0.2) is 50.5 Å². The number of carbonyl (C=O) groups is 1. The summed E-state index contributed by atoms with van der Waals surface area (Å²) in [7, 11) is -3.21. The van der Waals surface area contributed by atoms with Crippen LogP contribution in [0, 0.1) is 0 Å². The van der Waals surface area contributed by atoms with Gasteiger partial charge in [-0.15, -0.1) is 0 Å². The number of ether oxygens (including phenoxy) is 1. The van der Waals surface area contributed by atoms with Crippen LogP contribution in [0.3, 0.4) is 0 Å². The molecule has 2 aliphatic heterocycles. The highest BCUT2D eigenvalue weighted by molar-refractivity contribution is 8.26. The minimum absolute atomic E-state index is 0.0235. The summed E-state index contributed by atoms with van der Waals surface area (Å²) < 4.78 is 31.7. The molecule has 11 heteroatoms. The molecule has 1 aromatic carbocycles. The fourth-order valence-electron chi connectivity index (χ4n) is 4.32. The molecule has 5 rings (SSSR count). The summed E-state index contributed by atoms with van der Waals surface area (Å²) in [6.07, 6.45) is 3.37. The second-order valence-corrected chi connectivity index (χ2v) is 14.0. The predicted molar refractivity (Wildman–Crippen MR) is 149 cm³/mol. The Morgan fingerprint density at radius 3 is 2.51 bits per heavy atom. The van der Waals surface area contributed by atoms with Gasteiger partial charge in [-0.3, -0.25) is 18.9 Å². The molecule has 0 aliphatic carbocycles. The Morgan fingerprint density at radius 2 is 1.86 bits per heavy atom. The van der Waals surface area contributed by atoms with Gasteiger partial charge in [0.25, 0.3) is 11.5 Å². The van der Waals surface area contributed by atoms with Gasteiger partial charge in [-0.05, 0) is 47.7 Å². The van der Waals surface area contributed by atoms with E-state index in [4.69, 9.17) is 17.0 Å². The minimum Gasteiger partial charge on any atom is -0.438 e. The number of carbonyl (C=O) groups excluding carboxylic acids is 1. The van der Waals surface area contributed by atoms with Crippen molar-refractivity contribution in [2.45, 2.75) is 38.6 Å². The smallest absolute Gasteiger partial charge is 0.269 e. The van der Waals surface area contributed by atoms with Gasteiger partial charge in [0.2, 0.25) is 5.88 Å². The molecule has 3 aromatic rings. The normalized spacial score (nSPS) is 20.8. The third kappa shape index (κ3) is 5.07. The molecule has 0 spiro atoms. The van der Waals surface area contributed by atoms with Crippen LogP contribution >= 0.6 is 24.0 Å². The molecule has 0 radical (unpaired) electrons. The van der Waals surface area contributed by atoms with Crippen molar-refractivity contribution >= 4 is 55.8 Å². The number of amides is 1. The highest BCUT2D eigenvalue weighted by Crippen LogP contribution is 2.37. The molecule has 2 saturated heterocycles. The largest absolute Gasteiger partial charge is 0.438 e. The van der Waals surface area contributed by atoms with E-state index in [2.05, 4.69) is 25.8 Å². The Labute approximate surface area is 224 Å². The SMILES string of the molecule is CC(C)(C)c1ccc(Oc2nc3ccccn3c(=O)c2C=C2SC(=S)N(C3CCS(=O)(=O)C3)C2=O)cc1. The zero-order valence-electron chi connectivity index (χ0n) is 20.5. The standard InChI is InChI=1S/C26H25N3O5S3/c1-26(2,3)16-7-9-18(10-8-16)34-22-19(23(30)28-12-5-4-6-21(28)27-22)14-20-24(31)29(25(35)36-20)17-11-13-37(32,33)15-17/h4-10,12,14,17H,11,13,15H2,1-3H3. The van der Waals surface area contributed by atoms with Crippen molar-refractivity contribution in [3.63, 3.8) is 0 Å². The van der Waals surface area contributed by atoms with Gasteiger partial charge in [0.05, 0.1) is 22.5 Å². The number of nitrogens with zero attached hydrogens (tertiary/aromatic N) is 3. The number of fused-ring (bicyclic) bond motifs is 1. The van der Waals surface area contributed by atoms with Gasteiger partial charge in [-0.25, -0.2) is 8.42 Å². The maximum absolute atomic E-state index is 13.5. The molecular weight excluding hydrogens is 531 g/mol. The minimum atomic E-state index is -3.21. The summed E-state index contributed by atoms with van der Waals surface area (Å²) in [6, 6.07) is 12.2. The fraction of sp³-hybridized carbons (Fsp3) is 0.308. The molecule has 192 valence electrons. The summed E-state index contributed by atoms with van der Waals surface area (Å²) in [4.78, 5) is 32.9. The molecule has 1 atom stereocenters. The first-order valence-corrected chi connectivity index (χ1v) is 14.7. The third-order valence-electron chi connectivity index (χ3n) is 6.34. The van der Waals surface area contributed by atoms with Crippen molar-refractivity contribution in [2.75, 3.05) is 11.5 Å². The monoisotopic (exact) mass is 555 g/mol. The first kappa shape index (κ1) is 25.6. The summed E-state index contributed by atoms with van der Waals surface area (Å²) in [5, 5.41) is 0. The fourth-order valence-corrected chi connectivity index (χ4v) is 7.41. The molecule has 37 heavy (non-hydrogen) atoms. The van der Waals surface area contributed by atoms with Crippen molar-refractivity contribution in [2.24, 2.45) is 0 Å². The lowest BCUT2D eigenvalue weighted by molar-refractivity contribution is -0.123. The number of thiocarbonyl (C=S) groups is 1. The molecule has 2 aromatic heterocycles. The van der Waals surface area contributed by atoms with Gasteiger partial charge < -0.3 is 4.74 Å². The lowest BCUT2D eigenvalue weighted by Gasteiger charge is -2.20.